The maximum Gasteiger partial charge on any atom is 0.438 e. The number of hydrogen-bond donors (Lipinski definition) is 0. The van der Waals surface area contributed by atoms with Crippen LogP contribution < -0.4 is 5.06 Å². The Bertz CT molecular complexity index is 328. The van der Waals surface area contributed by atoms with Crippen LogP contribution >= 0.6 is 0 Å². The topological polar surface area (TPSA) is 51.7 Å². The van der Waals surface area contributed by atoms with Crippen LogP contribution in [0.5, 0.6) is 0 Å². The maximum absolute atomic E-state index is 11.2. The molecule has 0 unspecified atom stereocenters. The summed E-state index contributed by atoms with van der Waals surface area (Å²) in [5, 5.41) is 1.04. The van der Waals surface area contributed by atoms with E-state index in [-0.39, 0.29) is 0 Å². The fourth-order valence-corrected chi connectivity index (χ4v) is 1.04. The number of aromatic nitrogens is 1. The molecule has 76 valence electrons. The highest BCUT2D eigenvalue weighted by Crippen LogP contribution is 2.17. The molecule has 1 aromatic rings. The number of rotatable bonds is 2. The summed E-state index contributed by atoms with van der Waals surface area (Å²) in [5.74, 6) is 0. The van der Waals surface area contributed by atoms with Crippen molar-refractivity contribution in [1.82, 2.24) is 4.98 Å². The number of amides is 1. The summed E-state index contributed by atoms with van der Waals surface area (Å²) in [6, 6.07) is 3.44. The SMILES string of the molecule is COC(=O)N(OC)c1cccnc1C. The summed E-state index contributed by atoms with van der Waals surface area (Å²) in [6.07, 6.45) is 1.06. The molecule has 1 rings (SSSR count). The second kappa shape index (κ2) is 4.57. The highest BCUT2D eigenvalue weighted by molar-refractivity contribution is 5.85. The maximum atomic E-state index is 11.2. The smallest absolute Gasteiger partial charge is 0.438 e. The van der Waals surface area contributed by atoms with Gasteiger partial charge >= 0.3 is 6.09 Å². The molecule has 0 aromatic carbocycles. The number of nitrogens with zero attached hydrogens (tertiary/aromatic N) is 2. The van der Waals surface area contributed by atoms with Gasteiger partial charge in [0.25, 0.3) is 0 Å². The summed E-state index contributed by atoms with van der Waals surface area (Å²) >= 11 is 0. The van der Waals surface area contributed by atoms with Crippen LogP contribution in [0.15, 0.2) is 18.3 Å². The molecule has 0 N–H and O–H groups in total. The third-order valence-electron chi connectivity index (χ3n) is 1.72. The zero-order chi connectivity index (χ0) is 10.6. The Kier molecular flexibility index (Phi) is 3.41. The van der Waals surface area contributed by atoms with Gasteiger partial charge < -0.3 is 4.74 Å². The fourth-order valence-electron chi connectivity index (χ4n) is 1.04. The van der Waals surface area contributed by atoms with Crippen LogP contribution in [-0.2, 0) is 9.57 Å². The molecule has 0 bridgehead atoms. The first-order chi connectivity index (χ1) is 6.70. The average Bonchev–Trinajstić information content (AvgIpc) is 2.21. The second-order valence-corrected chi connectivity index (χ2v) is 2.55. The Balaban J connectivity index is 3.01. The molecule has 0 aliphatic rings. The molecule has 5 nitrogen and oxygen atoms in total. The van der Waals surface area contributed by atoms with Gasteiger partial charge in [-0.3, -0.25) is 9.82 Å². The van der Waals surface area contributed by atoms with Crippen LogP contribution in [0, 0.1) is 6.92 Å². The summed E-state index contributed by atoms with van der Waals surface area (Å²) < 4.78 is 4.55. The molecule has 0 fully saturated rings. The van der Waals surface area contributed by atoms with E-state index >= 15 is 0 Å². The number of ether oxygens (including phenoxy) is 1. The predicted molar refractivity (Wildman–Crippen MR) is 50.9 cm³/mol. The van der Waals surface area contributed by atoms with Gasteiger partial charge in [0.2, 0.25) is 0 Å². The minimum absolute atomic E-state index is 0.571. The number of hydrogen-bond acceptors (Lipinski definition) is 4. The molecule has 14 heavy (non-hydrogen) atoms. The van der Waals surface area contributed by atoms with Crippen molar-refractivity contribution in [3.63, 3.8) is 0 Å². The second-order valence-electron chi connectivity index (χ2n) is 2.55. The van der Waals surface area contributed by atoms with E-state index < -0.39 is 6.09 Å². The van der Waals surface area contributed by atoms with E-state index in [2.05, 4.69) is 9.72 Å². The summed E-state index contributed by atoms with van der Waals surface area (Å²) in [5.41, 5.74) is 1.27. The van der Waals surface area contributed by atoms with Crippen LogP contribution in [-0.4, -0.2) is 25.3 Å². The standard InChI is InChI=1S/C9H12N2O3/c1-7-8(5-4-6-10-7)11(14-3)9(12)13-2/h4-6H,1-3H3. The first-order valence-corrected chi connectivity index (χ1v) is 4.04. The van der Waals surface area contributed by atoms with Crippen LogP contribution in [0.4, 0.5) is 10.5 Å². The zero-order valence-corrected chi connectivity index (χ0v) is 8.35. The van der Waals surface area contributed by atoms with E-state index in [1.54, 1.807) is 25.3 Å². The molecular formula is C9H12N2O3. The quantitative estimate of drug-likeness (QED) is 0.673. The number of pyridine rings is 1. The number of hydroxylamine groups is 1. The first-order valence-electron chi connectivity index (χ1n) is 4.04. The van der Waals surface area contributed by atoms with Crippen LogP contribution in [0.2, 0.25) is 0 Å². The van der Waals surface area contributed by atoms with Crippen LogP contribution in [0.1, 0.15) is 5.69 Å². The normalized spacial score (nSPS) is 9.64. The summed E-state index contributed by atoms with van der Waals surface area (Å²) in [7, 11) is 2.68. The number of aryl methyl sites for hydroxylation is 1. The van der Waals surface area contributed by atoms with E-state index in [1.165, 1.54) is 14.2 Å². The molecule has 0 atom stereocenters. The lowest BCUT2D eigenvalue weighted by Gasteiger charge is -2.18. The van der Waals surface area contributed by atoms with Crippen molar-refractivity contribution in [3.8, 4) is 0 Å². The van der Waals surface area contributed by atoms with Crippen molar-refractivity contribution in [2.45, 2.75) is 6.92 Å². The third kappa shape index (κ3) is 2.00. The third-order valence-corrected chi connectivity index (χ3v) is 1.72. The Morgan fingerprint density at radius 3 is 2.71 bits per heavy atom. The summed E-state index contributed by atoms with van der Waals surface area (Å²) in [4.78, 5) is 20.2. The molecule has 5 heteroatoms. The van der Waals surface area contributed by atoms with Gasteiger partial charge in [-0.15, -0.1) is 0 Å². The van der Waals surface area contributed by atoms with E-state index in [0.717, 1.165) is 5.06 Å². The highest BCUT2D eigenvalue weighted by atomic mass is 16.7. The molecule has 1 aromatic heterocycles. The van der Waals surface area contributed by atoms with Crippen molar-refractivity contribution in [2.24, 2.45) is 0 Å². The van der Waals surface area contributed by atoms with Gasteiger partial charge in [0.05, 0.1) is 25.6 Å². The highest BCUT2D eigenvalue weighted by Gasteiger charge is 2.17. The number of methoxy groups -OCH3 is 1. The molecule has 0 saturated heterocycles. The van der Waals surface area contributed by atoms with Crippen molar-refractivity contribution in [3.05, 3.63) is 24.0 Å². The Labute approximate surface area is 82.2 Å². The average molecular weight is 196 g/mol. The minimum atomic E-state index is -0.580. The van der Waals surface area contributed by atoms with Crippen molar-refractivity contribution in [1.29, 1.82) is 0 Å². The van der Waals surface area contributed by atoms with E-state index in [9.17, 15) is 4.79 Å². The lowest BCUT2D eigenvalue weighted by Crippen LogP contribution is -2.30. The van der Waals surface area contributed by atoms with Crippen LogP contribution in [0.25, 0.3) is 0 Å². The first kappa shape index (κ1) is 10.5. The molecule has 0 aliphatic heterocycles. The van der Waals surface area contributed by atoms with Crippen molar-refractivity contribution < 1.29 is 14.4 Å². The molecule has 1 heterocycles. The lowest BCUT2D eigenvalue weighted by molar-refractivity contribution is 0.115. The van der Waals surface area contributed by atoms with E-state index in [1.807, 2.05) is 0 Å². The van der Waals surface area contributed by atoms with Gasteiger partial charge in [-0.05, 0) is 19.1 Å². The molecular weight excluding hydrogens is 184 g/mol. The number of carbonyl (C=O) groups excluding carboxylic acids is 1. The Morgan fingerprint density at radius 2 is 2.21 bits per heavy atom. The lowest BCUT2D eigenvalue weighted by atomic mass is 10.3. The van der Waals surface area contributed by atoms with Gasteiger partial charge in [-0.25, -0.2) is 4.79 Å². The van der Waals surface area contributed by atoms with Gasteiger partial charge in [0, 0.05) is 6.20 Å². The van der Waals surface area contributed by atoms with Gasteiger partial charge in [0.15, 0.2) is 0 Å². The van der Waals surface area contributed by atoms with Gasteiger partial charge in [-0.2, -0.15) is 5.06 Å². The van der Waals surface area contributed by atoms with E-state index in [4.69, 9.17) is 4.84 Å². The van der Waals surface area contributed by atoms with Crippen LogP contribution in [0.3, 0.4) is 0 Å². The van der Waals surface area contributed by atoms with E-state index in [0.29, 0.717) is 11.4 Å². The number of anilines is 1. The monoisotopic (exact) mass is 196 g/mol. The Hall–Kier alpha value is -1.62. The van der Waals surface area contributed by atoms with Gasteiger partial charge in [-0.1, -0.05) is 0 Å². The molecule has 0 aliphatic carbocycles. The zero-order valence-electron chi connectivity index (χ0n) is 8.35. The van der Waals surface area contributed by atoms with Gasteiger partial charge in [0.1, 0.15) is 0 Å². The molecule has 0 radical (unpaired) electrons. The van der Waals surface area contributed by atoms with Crippen molar-refractivity contribution >= 4 is 11.8 Å². The fraction of sp³-hybridized carbons (Fsp3) is 0.333. The molecule has 1 amide bonds. The van der Waals surface area contributed by atoms with Crippen molar-refractivity contribution in [2.75, 3.05) is 19.3 Å². The predicted octanol–water partition coefficient (Wildman–Crippen LogP) is 1.52. The summed E-state index contributed by atoms with van der Waals surface area (Å²) in [6.45, 7) is 1.78. The molecule has 0 saturated carbocycles. The minimum Gasteiger partial charge on any atom is -0.451 e. The molecule has 0 spiro atoms. The Morgan fingerprint density at radius 1 is 1.50 bits per heavy atom. The number of carbonyl (C=O) groups is 1. The largest absolute Gasteiger partial charge is 0.451 e.